The van der Waals surface area contributed by atoms with E-state index < -0.39 is 0 Å². The highest BCUT2D eigenvalue weighted by Crippen LogP contribution is 2.25. The Morgan fingerprint density at radius 1 is 1.82 bits per heavy atom. The second-order valence-corrected chi connectivity index (χ2v) is 3.53. The molecule has 0 aliphatic heterocycles. The monoisotopic (exact) mass is 218 g/mol. The molecule has 0 aromatic heterocycles. The molecule has 0 heterocycles. The highest BCUT2D eigenvalue weighted by atomic mass is 79.9. The molecule has 1 aliphatic rings. The van der Waals surface area contributed by atoms with Crippen LogP contribution in [0.4, 0.5) is 0 Å². The van der Waals surface area contributed by atoms with Crippen LogP contribution in [0, 0.1) is 0 Å². The molecule has 0 amide bonds. The minimum Gasteiger partial charge on any atom is -0.457 e. The van der Waals surface area contributed by atoms with Crippen LogP contribution < -0.4 is 0 Å². The van der Waals surface area contributed by atoms with E-state index in [1.807, 2.05) is 0 Å². The van der Waals surface area contributed by atoms with Gasteiger partial charge in [0.25, 0.3) is 0 Å². The van der Waals surface area contributed by atoms with Gasteiger partial charge in [0.15, 0.2) is 0 Å². The summed E-state index contributed by atoms with van der Waals surface area (Å²) in [5.41, 5.74) is 0. The second kappa shape index (κ2) is 3.90. The third-order valence-electron chi connectivity index (χ3n) is 1.63. The average Bonchev–Trinajstić information content (AvgIpc) is 1.93. The fourth-order valence-electron chi connectivity index (χ4n) is 1.13. The molecule has 1 atom stereocenters. The zero-order valence-corrected chi connectivity index (χ0v) is 8.06. The third kappa shape index (κ3) is 2.66. The predicted octanol–water partition coefficient (Wildman–Crippen LogP) is 2.38. The molecule has 0 saturated carbocycles. The van der Waals surface area contributed by atoms with Gasteiger partial charge in [-0.05, 0) is 19.3 Å². The van der Waals surface area contributed by atoms with Crippen LogP contribution in [0.3, 0.4) is 0 Å². The van der Waals surface area contributed by atoms with Crippen molar-refractivity contribution in [3.05, 3.63) is 10.6 Å². The molecular formula is C8H11BrO2. The largest absolute Gasteiger partial charge is 0.457 e. The Hall–Kier alpha value is -0.310. The van der Waals surface area contributed by atoms with E-state index in [0.29, 0.717) is 0 Å². The standard InChI is InChI=1S/C8H11BrO2/c1-6(10)11-8-5-3-2-4-7(8)9/h4,8H,2-3,5H2,1H3/t8-/m1/s1. The molecule has 0 radical (unpaired) electrons. The van der Waals surface area contributed by atoms with Gasteiger partial charge in [-0.1, -0.05) is 22.0 Å². The quantitative estimate of drug-likeness (QED) is 0.633. The lowest BCUT2D eigenvalue weighted by Gasteiger charge is -2.19. The summed E-state index contributed by atoms with van der Waals surface area (Å²) in [6.07, 6.45) is 5.17. The minimum absolute atomic E-state index is 0.0266. The maximum atomic E-state index is 10.6. The molecule has 11 heavy (non-hydrogen) atoms. The second-order valence-electron chi connectivity index (χ2n) is 2.62. The van der Waals surface area contributed by atoms with Crippen LogP contribution in [0.5, 0.6) is 0 Å². The molecule has 0 saturated heterocycles. The number of carbonyl (C=O) groups is 1. The summed E-state index contributed by atoms with van der Waals surface area (Å²) in [6, 6.07) is 0. The van der Waals surface area contributed by atoms with Crippen LogP contribution in [0.1, 0.15) is 26.2 Å². The van der Waals surface area contributed by atoms with Gasteiger partial charge >= 0.3 is 5.97 Å². The number of esters is 1. The maximum absolute atomic E-state index is 10.6. The average molecular weight is 219 g/mol. The lowest BCUT2D eigenvalue weighted by atomic mass is 10.1. The fraction of sp³-hybridized carbons (Fsp3) is 0.625. The van der Waals surface area contributed by atoms with Gasteiger partial charge in [-0.15, -0.1) is 0 Å². The van der Waals surface area contributed by atoms with E-state index in [9.17, 15) is 4.79 Å². The minimum atomic E-state index is -0.206. The number of hydrogen-bond donors (Lipinski definition) is 0. The molecule has 0 unspecified atom stereocenters. The lowest BCUT2D eigenvalue weighted by Crippen LogP contribution is -2.18. The van der Waals surface area contributed by atoms with E-state index in [0.717, 1.165) is 23.7 Å². The van der Waals surface area contributed by atoms with Crippen molar-refractivity contribution in [3.63, 3.8) is 0 Å². The van der Waals surface area contributed by atoms with Crippen molar-refractivity contribution in [1.29, 1.82) is 0 Å². The van der Waals surface area contributed by atoms with Gasteiger partial charge in [-0.2, -0.15) is 0 Å². The van der Waals surface area contributed by atoms with Crippen LogP contribution in [0.15, 0.2) is 10.6 Å². The van der Waals surface area contributed by atoms with Gasteiger partial charge in [-0.3, -0.25) is 4.79 Å². The van der Waals surface area contributed by atoms with Crippen LogP contribution in [0.25, 0.3) is 0 Å². The molecule has 0 fully saturated rings. The van der Waals surface area contributed by atoms with Gasteiger partial charge < -0.3 is 4.74 Å². The normalized spacial score (nSPS) is 24.2. The first-order valence-corrected chi connectivity index (χ1v) is 4.52. The van der Waals surface area contributed by atoms with Gasteiger partial charge in [0.2, 0.25) is 0 Å². The summed E-state index contributed by atoms with van der Waals surface area (Å²) >= 11 is 3.37. The zero-order valence-electron chi connectivity index (χ0n) is 6.47. The number of hydrogen-bond acceptors (Lipinski definition) is 2. The number of ether oxygens (including phenoxy) is 1. The molecule has 0 bridgehead atoms. The summed E-state index contributed by atoms with van der Waals surface area (Å²) in [7, 11) is 0. The molecule has 62 valence electrons. The van der Waals surface area contributed by atoms with Gasteiger partial charge in [0, 0.05) is 11.4 Å². The van der Waals surface area contributed by atoms with Crippen molar-refractivity contribution >= 4 is 21.9 Å². The zero-order chi connectivity index (χ0) is 8.27. The fourth-order valence-corrected chi connectivity index (χ4v) is 1.68. The number of allylic oxidation sites excluding steroid dienone is 1. The molecule has 1 rings (SSSR count). The Kier molecular flexibility index (Phi) is 3.12. The Bertz CT molecular complexity index is 187. The van der Waals surface area contributed by atoms with E-state index in [4.69, 9.17) is 4.74 Å². The third-order valence-corrected chi connectivity index (χ3v) is 2.46. The van der Waals surface area contributed by atoms with Crippen LogP contribution >= 0.6 is 15.9 Å². The Morgan fingerprint density at radius 2 is 2.55 bits per heavy atom. The van der Waals surface area contributed by atoms with Crippen LogP contribution in [-0.2, 0) is 9.53 Å². The molecule has 0 aromatic rings. The van der Waals surface area contributed by atoms with Crippen molar-refractivity contribution < 1.29 is 9.53 Å². The van der Waals surface area contributed by atoms with Gasteiger partial charge in [-0.25, -0.2) is 0 Å². The van der Waals surface area contributed by atoms with Crippen molar-refractivity contribution in [2.24, 2.45) is 0 Å². The van der Waals surface area contributed by atoms with E-state index in [2.05, 4.69) is 22.0 Å². The first kappa shape index (κ1) is 8.78. The van der Waals surface area contributed by atoms with Crippen LogP contribution in [-0.4, -0.2) is 12.1 Å². The van der Waals surface area contributed by atoms with E-state index in [1.165, 1.54) is 6.92 Å². The highest BCUT2D eigenvalue weighted by Gasteiger charge is 2.17. The first-order chi connectivity index (χ1) is 5.20. The van der Waals surface area contributed by atoms with Gasteiger partial charge in [0.1, 0.15) is 6.10 Å². The lowest BCUT2D eigenvalue weighted by molar-refractivity contribution is -0.144. The topological polar surface area (TPSA) is 26.3 Å². The summed E-state index contributed by atoms with van der Waals surface area (Å²) in [6.45, 7) is 1.44. The Balaban J connectivity index is 2.50. The first-order valence-electron chi connectivity index (χ1n) is 3.73. The van der Waals surface area contributed by atoms with Gasteiger partial charge in [0.05, 0.1) is 0 Å². The number of halogens is 1. The van der Waals surface area contributed by atoms with E-state index in [-0.39, 0.29) is 12.1 Å². The molecule has 0 N–H and O–H groups in total. The van der Waals surface area contributed by atoms with E-state index >= 15 is 0 Å². The van der Waals surface area contributed by atoms with Crippen molar-refractivity contribution in [2.75, 3.05) is 0 Å². The van der Waals surface area contributed by atoms with Crippen LogP contribution in [0.2, 0.25) is 0 Å². The maximum Gasteiger partial charge on any atom is 0.303 e. The Morgan fingerprint density at radius 3 is 3.09 bits per heavy atom. The van der Waals surface area contributed by atoms with Crippen molar-refractivity contribution in [2.45, 2.75) is 32.3 Å². The molecule has 0 spiro atoms. The van der Waals surface area contributed by atoms with Crippen molar-refractivity contribution in [3.8, 4) is 0 Å². The molecule has 3 heteroatoms. The number of rotatable bonds is 1. The summed E-state index contributed by atoms with van der Waals surface area (Å²) < 4.78 is 6.06. The summed E-state index contributed by atoms with van der Waals surface area (Å²) in [5.74, 6) is -0.206. The Labute approximate surface area is 74.7 Å². The SMILES string of the molecule is CC(=O)O[C@@H]1CCCC=C1Br. The molecular weight excluding hydrogens is 208 g/mol. The summed E-state index contributed by atoms with van der Waals surface area (Å²) in [4.78, 5) is 10.6. The van der Waals surface area contributed by atoms with E-state index in [1.54, 1.807) is 0 Å². The highest BCUT2D eigenvalue weighted by molar-refractivity contribution is 9.11. The predicted molar refractivity (Wildman–Crippen MR) is 46.4 cm³/mol. The smallest absolute Gasteiger partial charge is 0.303 e. The van der Waals surface area contributed by atoms with Crippen molar-refractivity contribution in [1.82, 2.24) is 0 Å². The molecule has 0 aromatic carbocycles. The molecule has 2 nitrogen and oxygen atoms in total. The number of carbonyl (C=O) groups excluding carboxylic acids is 1. The summed E-state index contributed by atoms with van der Waals surface area (Å²) in [5, 5.41) is 0. The molecule has 1 aliphatic carbocycles.